The summed E-state index contributed by atoms with van der Waals surface area (Å²) in [6, 6.07) is 22.7. The van der Waals surface area contributed by atoms with Gasteiger partial charge in [-0.05, 0) is 30.3 Å². The Bertz CT molecular complexity index is 1230. The summed E-state index contributed by atoms with van der Waals surface area (Å²) in [5.41, 5.74) is 5.91. The number of nitrogens with one attached hydrogen (secondary N) is 2. The van der Waals surface area contributed by atoms with Crippen molar-refractivity contribution in [2.75, 3.05) is 15.5 Å². The van der Waals surface area contributed by atoms with E-state index < -0.39 is 6.17 Å². The van der Waals surface area contributed by atoms with Gasteiger partial charge in [0.25, 0.3) is 5.91 Å². The molecule has 28 heavy (non-hydrogen) atoms. The molecule has 0 radical (unpaired) electrons. The Kier molecular flexibility index (Phi) is 2.90. The molecule has 6 rings (SSSR count). The molecule has 1 atom stereocenters. The fraction of sp³-hybridized carbons (Fsp3) is 0.0435. The van der Waals surface area contributed by atoms with Crippen molar-refractivity contribution in [2.24, 2.45) is 0 Å². The van der Waals surface area contributed by atoms with Crippen molar-refractivity contribution < 1.29 is 9.59 Å². The summed E-state index contributed by atoms with van der Waals surface area (Å²) >= 11 is 0. The summed E-state index contributed by atoms with van der Waals surface area (Å²) in [4.78, 5) is 28.2. The van der Waals surface area contributed by atoms with Crippen LogP contribution in [-0.4, -0.2) is 17.9 Å². The number of para-hydroxylation sites is 3. The lowest BCUT2D eigenvalue weighted by atomic mass is 9.99. The van der Waals surface area contributed by atoms with E-state index in [0.29, 0.717) is 16.8 Å². The molecule has 134 valence electrons. The van der Waals surface area contributed by atoms with E-state index in [9.17, 15) is 9.59 Å². The molecule has 5 heteroatoms. The van der Waals surface area contributed by atoms with Crippen LogP contribution in [-0.2, 0) is 0 Å². The quantitative estimate of drug-likeness (QED) is 0.589. The monoisotopic (exact) mass is 365 g/mol. The zero-order chi connectivity index (χ0) is 18.8. The van der Waals surface area contributed by atoms with Crippen molar-refractivity contribution in [2.45, 2.75) is 6.17 Å². The largest absolute Gasteiger partial charge is 0.360 e. The average Bonchev–Trinajstić information content (AvgIpc) is 3.23. The number of Topliss-reactive ketones (excluding diaryl/α,β-unsaturated/α-hetero) is 1. The molecule has 0 spiro atoms. The Morgan fingerprint density at radius 1 is 0.714 bits per heavy atom. The summed E-state index contributed by atoms with van der Waals surface area (Å²) < 4.78 is 0. The molecule has 1 unspecified atom stereocenters. The zero-order valence-electron chi connectivity index (χ0n) is 14.8. The van der Waals surface area contributed by atoms with Crippen LogP contribution in [0.15, 0.2) is 78.5 Å². The summed E-state index contributed by atoms with van der Waals surface area (Å²) in [5.74, 6) is -0.110. The number of anilines is 3. The predicted molar refractivity (Wildman–Crippen MR) is 108 cm³/mol. The maximum atomic E-state index is 13.3. The van der Waals surface area contributed by atoms with Crippen molar-refractivity contribution in [3.8, 4) is 0 Å². The van der Waals surface area contributed by atoms with Gasteiger partial charge in [-0.1, -0.05) is 42.5 Å². The summed E-state index contributed by atoms with van der Waals surface area (Å²) in [5, 5.41) is 6.76. The van der Waals surface area contributed by atoms with E-state index in [4.69, 9.17) is 0 Å². The van der Waals surface area contributed by atoms with Crippen LogP contribution in [0.3, 0.4) is 0 Å². The lowest BCUT2D eigenvalue weighted by Crippen LogP contribution is -2.46. The molecule has 2 N–H and O–H groups in total. The number of carbonyl (C=O) groups is 2. The van der Waals surface area contributed by atoms with Crippen LogP contribution in [0.5, 0.6) is 0 Å². The molecule has 1 amide bonds. The number of ketones is 1. The first-order valence-electron chi connectivity index (χ1n) is 9.17. The predicted octanol–water partition coefficient (Wildman–Crippen LogP) is 4.12. The van der Waals surface area contributed by atoms with Crippen molar-refractivity contribution in [3.05, 3.63) is 95.2 Å². The van der Waals surface area contributed by atoms with E-state index in [2.05, 4.69) is 10.6 Å². The molecule has 3 aliphatic rings. The Hall–Kier alpha value is -3.86. The minimum Gasteiger partial charge on any atom is -0.360 e. The first-order chi connectivity index (χ1) is 13.7. The second-order valence-electron chi connectivity index (χ2n) is 7.07. The molecule has 0 bridgehead atoms. The average molecular weight is 365 g/mol. The van der Waals surface area contributed by atoms with E-state index >= 15 is 0 Å². The second kappa shape index (κ2) is 5.33. The van der Waals surface area contributed by atoms with Gasteiger partial charge in [0.1, 0.15) is 6.17 Å². The van der Waals surface area contributed by atoms with Crippen molar-refractivity contribution in [1.29, 1.82) is 0 Å². The minimum atomic E-state index is -0.430. The van der Waals surface area contributed by atoms with E-state index in [1.54, 1.807) is 4.90 Å². The van der Waals surface area contributed by atoms with Gasteiger partial charge in [0.15, 0.2) is 0 Å². The Balaban J connectivity index is 1.60. The number of carbonyl (C=O) groups excluding carboxylic acids is 2. The first kappa shape index (κ1) is 15.2. The highest BCUT2D eigenvalue weighted by Crippen LogP contribution is 2.47. The van der Waals surface area contributed by atoms with Crippen LogP contribution >= 0.6 is 0 Å². The normalized spacial score (nSPS) is 21.4. The molecular weight excluding hydrogens is 350 g/mol. The standard InChI is InChI=1S/C23H15N3O2/c27-21-13-7-1-4-10-16(13)24-20(21)19-15-9-3-6-12-18(15)26-22(19)25-17-11-5-2-8-14(17)23(26)28/h1-12,22,24-25H/b20-19+. The molecule has 3 aromatic carbocycles. The van der Waals surface area contributed by atoms with E-state index in [-0.39, 0.29) is 11.7 Å². The lowest BCUT2D eigenvalue weighted by molar-refractivity contribution is 0.0979. The molecule has 3 heterocycles. The lowest BCUT2D eigenvalue weighted by Gasteiger charge is -2.33. The summed E-state index contributed by atoms with van der Waals surface area (Å²) in [6.45, 7) is 0. The highest BCUT2D eigenvalue weighted by molar-refractivity contribution is 6.26. The Morgan fingerprint density at radius 2 is 1.36 bits per heavy atom. The molecule has 0 aliphatic carbocycles. The van der Waals surface area contributed by atoms with E-state index in [1.807, 2.05) is 72.8 Å². The van der Waals surface area contributed by atoms with Gasteiger partial charge in [-0.15, -0.1) is 0 Å². The van der Waals surface area contributed by atoms with Crippen LogP contribution in [0.25, 0.3) is 5.57 Å². The van der Waals surface area contributed by atoms with Gasteiger partial charge < -0.3 is 10.6 Å². The molecule has 0 saturated carbocycles. The first-order valence-corrected chi connectivity index (χ1v) is 9.17. The van der Waals surface area contributed by atoms with Gasteiger partial charge in [-0.3, -0.25) is 14.5 Å². The smallest absolute Gasteiger partial charge is 0.262 e. The fourth-order valence-electron chi connectivity index (χ4n) is 4.34. The number of fused-ring (bicyclic) bond motifs is 5. The highest BCUT2D eigenvalue weighted by Gasteiger charge is 2.45. The number of allylic oxidation sites excluding steroid dienone is 1. The Labute approximate surface area is 161 Å². The molecule has 5 nitrogen and oxygen atoms in total. The third-order valence-electron chi connectivity index (χ3n) is 5.58. The third kappa shape index (κ3) is 1.85. The SMILES string of the molecule is O=C1/C(=C2/c3ccccc3N3C(=O)c4ccccc4NC23)Nc2ccccc21. The van der Waals surface area contributed by atoms with Crippen LogP contribution in [0.1, 0.15) is 26.3 Å². The molecular formula is C23H15N3O2. The van der Waals surface area contributed by atoms with Gasteiger partial charge >= 0.3 is 0 Å². The van der Waals surface area contributed by atoms with Gasteiger partial charge in [-0.2, -0.15) is 0 Å². The van der Waals surface area contributed by atoms with E-state index in [0.717, 1.165) is 28.2 Å². The van der Waals surface area contributed by atoms with Crippen molar-refractivity contribution in [1.82, 2.24) is 0 Å². The second-order valence-corrected chi connectivity index (χ2v) is 7.07. The number of amides is 1. The number of hydrogen-bond donors (Lipinski definition) is 2. The minimum absolute atomic E-state index is 0.0460. The summed E-state index contributed by atoms with van der Waals surface area (Å²) in [6.07, 6.45) is -0.430. The van der Waals surface area contributed by atoms with Gasteiger partial charge in [0.2, 0.25) is 5.78 Å². The number of rotatable bonds is 0. The van der Waals surface area contributed by atoms with Gasteiger partial charge in [0.05, 0.1) is 16.9 Å². The topological polar surface area (TPSA) is 61.4 Å². The molecule has 0 aromatic heterocycles. The van der Waals surface area contributed by atoms with Crippen molar-refractivity contribution >= 4 is 34.3 Å². The molecule has 3 aliphatic heterocycles. The maximum absolute atomic E-state index is 13.3. The van der Waals surface area contributed by atoms with E-state index in [1.165, 1.54) is 0 Å². The highest BCUT2D eigenvalue weighted by atomic mass is 16.2. The Morgan fingerprint density at radius 3 is 2.14 bits per heavy atom. The summed E-state index contributed by atoms with van der Waals surface area (Å²) in [7, 11) is 0. The number of hydrogen-bond acceptors (Lipinski definition) is 4. The van der Waals surface area contributed by atoms with Crippen LogP contribution in [0.2, 0.25) is 0 Å². The fourth-order valence-corrected chi connectivity index (χ4v) is 4.34. The molecule has 0 fully saturated rings. The number of nitrogens with zero attached hydrogens (tertiary/aromatic N) is 1. The maximum Gasteiger partial charge on any atom is 0.262 e. The van der Waals surface area contributed by atoms with Gasteiger partial charge in [-0.25, -0.2) is 0 Å². The zero-order valence-corrected chi connectivity index (χ0v) is 14.8. The number of benzene rings is 3. The van der Waals surface area contributed by atoms with Crippen LogP contribution in [0.4, 0.5) is 17.1 Å². The molecule has 0 saturated heterocycles. The molecule has 3 aromatic rings. The third-order valence-corrected chi connectivity index (χ3v) is 5.58. The van der Waals surface area contributed by atoms with Crippen molar-refractivity contribution in [3.63, 3.8) is 0 Å². The van der Waals surface area contributed by atoms with Crippen LogP contribution in [0, 0.1) is 0 Å². The van der Waals surface area contributed by atoms with Gasteiger partial charge in [0, 0.05) is 28.1 Å². The van der Waals surface area contributed by atoms with Crippen LogP contribution < -0.4 is 15.5 Å².